The van der Waals surface area contributed by atoms with Crippen molar-refractivity contribution in [1.82, 2.24) is 10.2 Å². The molecule has 2 heterocycles. The molecule has 8 nitrogen and oxygen atoms in total. The molecule has 8 heteroatoms. The first kappa shape index (κ1) is 17.6. The maximum absolute atomic E-state index is 12.2. The summed E-state index contributed by atoms with van der Waals surface area (Å²) in [7, 11) is 0. The van der Waals surface area contributed by atoms with Crippen molar-refractivity contribution in [2.24, 2.45) is 0 Å². The van der Waals surface area contributed by atoms with Crippen molar-refractivity contribution in [2.75, 3.05) is 18.7 Å². The molecule has 142 valence electrons. The lowest BCUT2D eigenvalue weighted by Crippen LogP contribution is -2.30. The van der Waals surface area contributed by atoms with E-state index in [9.17, 15) is 14.4 Å². The molecular formula is C20H17N3O5. The lowest BCUT2D eigenvalue weighted by Gasteiger charge is -2.13. The van der Waals surface area contributed by atoms with Crippen molar-refractivity contribution >= 4 is 29.6 Å². The Labute approximate surface area is 160 Å². The van der Waals surface area contributed by atoms with Crippen molar-refractivity contribution in [2.45, 2.75) is 6.54 Å². The highest BCUT2D eigenvalue weighted by atomic mass is 16.7. The number of amides is 4. The molecule has 2 aromatic rings. The number of nitrogens with zero attached hydrogens (tertiary/aromatic N) is 1. The average Bonchev–Trinajstić information content (AvgIpc) is 3.28. The third kappa shape index (κ3) is 3.80. The number of urea groups is 1. The number of fused-ring (bicyclic) bond motifs is 1. The van der Waals surface area contributed by atoms with E-state index in [1.54, 1.807) is 42.5 Å². The number of hydrogen-bond donors (Lipinski definition) is 2. The Kier molecular flexibility index (Phi) is 4.67. The van der Waals surface area contributed by atoms with Gasteiger partial charge in [0.25, 0.3) is 0 Å². The van der Waals surface area contributed by atoms with Gasteiger partial charge in [-0.2, -0.15) is 0 Å². The minimum Gasteiger partial charge on any atom is -0.454 e. The predicted molar refractivity (Wildman–Crippen MR) is 101 cm³/mol. The molecule has 2 aromatic carbocycles. The number of nitrogens with one attached hydrogen (secondary N) is 2. The van der Waals surface area contributed by atoms with Crippen LogP contribution in [0.15, 0.2) is 48.5 Å². The molecule has 1 fully saturated rings. The molecule has 0 atom stereocenters. The van der Waals surface area contributed by atoms with Gasteiger partial charge in [0.05, 0.1) is 13.1 Å². The zero-order valence-corrected chi connectivity index (χ0v) is 14.8. The van der Waals surface area contributed by atoms with Crippen molar-refractivity contribution in [1.29, 1.82) is 0 Å². The lowest BCUT2D eigenvalue weighted by atomic mass is 10.1. The van der Waals surface area contributed by atoms with Gasteiger partial charge in [0.15, 0.2) is 11.5 Å². The highest BCUT2D eigenvalue weighted by Crippen LogP contribution is 2.32. The summed E-state index contributed by atoms with van der Waals surface area (Å²) in [6, 6.07) is 12.0. The average molecular weight is 379 g/mol. The largest absolute Gasteiger partial charge is 0.454 e. The zero-order chi connectivity index (χ0) is 19.5. The van der Waals surface area contributed by atoms with Crippen LogP contribution in [0.3, 0.4) is 0 Å². The number of imide groups is 1. The van der Waals surface area contributed by atoms with Crippen LogP contribution in [-0.2, 0) is 16.1 Å². The molecule has 2 N–H and O–H groups in total. The van der Waals surface area contributed by atoms with Gasteiger partial charge < -0.3 is 20.1 Å². The van der Waals surface area contributed by atoms with E-state index in [1.807, 2.05) is 6.07 Å². The molecular weight excluding hydrogens is 362 g/mol. The normalized spacial score (nSPS) is 15.2. The van der Waals surface area contributed by atoms with Gasteiger partial charge in [0, 0.05) is 11.8 Å². The fourth-order valence-electron chi connectivity index (χ4n) is 2.92. The molecule has 0 bridgehead atoms. The molecule has 0 aliphatic carbocycles. The summed E-state index contributed by atoms with van der Waals surface area (Å²) in [6.07, 6.45) is 3.09. The minimum atomic E-state index is -0.411. The third-order valence-electron chi connectivity index (χ3n) is 4.30. The van der Waals surface area contributed by atoms with E-state index in [0.717, 1.165) is 16.0 Å². The van der Waals surface area contributed by atoms with Crippen LogP contribution in [0.1, 0.15) is 11.1 Å². The minimum absolute atomic E-state index is 0.0138. The van der Waals surface area contributed by atoms with Crippen molar-refractivity contribution in [3.05, 3.63) is 59.7 Å². The number of carbonyl (C=O) groups excluding carboxylic acids is 3. The van der Waals surface area contributed by atoms with Crippen molar-refractivity contribution in [3.8, 4) is 11.5 Å². The zero-order valence-electron chi connectivity index (χ0n) is 14.8. The Bertz CT molecular complexity index is 970. The van der Waals surface area contributed by atoms with Crippen molar-refractivity contribution in [3.63, 3.8) is 0 Å². The molecule has 4 amide bonds. The molecule has 0 aromatic heterocycles. The maximum Gasteiger partial charge on any atom is 0.324 e. The Morgan fingerprint density at radius 1 is 1.14 bits per heavy atom. The fraction of sp³-hybridized carbons (Fsp3) is 0.150. The van der Waals surface area contributed by atoms with Crippen LogP contribution in [0, 0.1) is 0 Å². The van der Waals surface area contributed by atoms with Gasteiger partial charge in [-0.15, -0.1) is 0 Å². The van der Waals surface area contributed by atoms with Crippen LogP contribution in [0.4, 0.5) is 10.5 Å². The van der Waals surface area contributed by atoms with Gasteiger partial charge in [0.1, 0.15) is 0 Å². The van der Waals surface area contributed by atoms with Gasteiger partial charge in [-0.3, -0.25) is 14.5 Å². The van der Waals surface area contributed by atoms with Crippen LogP contribution in [0.2, 0.25) is 0 Å². The van der Waals surface area contributed by atoms with E-state index in [2.05, 4.69) is 10.6 Å². The SMILES string of the molecule is O=C(C=Cc1ccc2c(c1)OCO2)Nc1cccc(CN2C(=O)CNC2=O)c1. The second-order valence-electron chi connectivity index (χ2n) is 6.27. The first-order valence-corrected chi connectivity index (χ1v) is 8.64. The second-order valence-corrected chi connectivity index (χ2v) is 6.27. The van der Waals surface area contributed by atoms with E-state index in [1.165, 1.54) is 6.08 Å². The molecule has 0 unspecified atom stereocenters. The topological polar surface area (TPSA) is 97.0 Å². The van der Waals surface area contributed by atoms with E-state index in [4.69, 9.17) is 9.47 Å². The quantitative estimate of drug-likeness (QED) is 0.613. The monoisotopic (exact) mass is 379 g/mol. The fourth-order valence-corrected chi connectivity index (χ4v) is 2.92. The van der Waals surface area contributed by atoms with E-state index < -0.39 is 6.03 Å². The highest BCUT2D eigenvalue weighted by molar-refractivity contribution is 6.02. The summed E-state index contributed by atoms with van der Waals surface area (Å²) >= 11 is 0. The highest BCUT2D eigenvalue weighted by Gasteiger charge is 2.28. The molecule has 4 rings (SSSR count). The van der Waals surface area contributed by atoms with Gasteiger partial charge in [-0.05, 0) is 41.5 Å². The van der Waals surface area contributed by atoms with Crippen LogP contribution in [0.5, 0.6) is 11.5 Å². The number of carbonyl (C=O) groups is 3. The number of ether oxygens (including phenoxy) is 2. The Balaban J connectivity index is 1.39. The second kappa shape index (κ2) is 7.43. The summed E-state index contributed by atoms with van der Waals surface area (Å²) < 4.78 is 10.6. The molecule has 0 saturated carbocycles. The Hall–Kier alpha value is -3.81. The third-order valence-corrected chi connectivity index (χ3v) is 4.30. The Morgan fingerprint density at radius 2 is 2.00 bits per heavy atom. The first-order chi connectivity index (χ1) is 13.6. The van der Waals surface area contributed by atoms with Gasteiger partial charge >= 0.3 is 6.03 Å². The molecule has 0 spiro atoms. The van der Waals surface area contributed by atoms with E-state index in [0.29, 0.717) is 17.2 Å². The Morgan fingerprint density at radius 3 is 2.82 bits per heavy atom. The van der Waals surface area contributed by atoms with E-state index in [-0.39, 0.29) is 31.7 Å². The smallest absolute Gasteiger partial charge is 0.324 e. The van der Waals surface area contributed by atoms with Crippen LogP contribution in [-0.4, -0.2) is 36.1 Å². The van der Waals surface area contributed by atoms with Gasteiger partial charge in [-0.1, -0.05) is 18.2 Å². The van der Waals surface area contributed by atoms with Crippen molar-refractivity contribution < 1.29 is 23.9 Å². The maximum atomic E-state index is 12.2. The molecule has 28 heavy (non-hydrogen) atoms. The standard InChI is InChI=1S/C20H17N3O5/c24-18(7-5-13-4-6-16-17(9-13)28-12-27-16)22-15-3-1-2-14(8-15)11-23-19(25)10-21-20(23)26/h1-9H,10-12H2,(H,21,26)(H,22,24). The van der Waals surface area contributed by atoms with Gasteiger partial charge in [0.2, 0.25) is 18.6 Å². The lowest BCUT2D eigenvalue weighted by molar-refractivity contribution is -0.125. The molecule has 1 saturated heterocycles. The van der Waals surface area contributed by atoms with Crippen LogP contribution >= 0.6 is 0 Å². The number of hydrogen-bond acceptors (Lipinski definition) is 5. The number of rotatable bonds is 5. The summed E-state index contributed by atoms with van der Waals surface area (Å²) in [5.74, 6) is 0.759. The molecule has 2 aliphatic heterocycles. The first-order valence-electron chi connectivity index (χ1n) is 8.64. The predicted octanol–water partition coefficient (Wildman–Crippen LogP) is 2.12. The number of anilines is 1. The summed E-state index contributed by atoms with van der Waals surface area (Å²) in [5, 5.41) is 5.24. The summed E-state index contributed by atoms with van der Waals surface area (Å²) in [6.45, 7) is 0.366. The van der Waals surface area contributed by atoms with Gasteiger partial charge in [-0.25, -0.2) is 4.79 Å². The molecule has 2 aliphatic rings. The summed E-state index contributed by atoms with van der Waals surface area (Å²) in [4.78, 5) is 36.7. The van der Waals surface area contributed by atoms with Crippen LogP contribution in [0.25, 0.3) is 6.08 Å². The summed E-state index contributed by atoms with van der Waals surface area (Å²) in [5.41, 5.74) is 2.12. The van der Waals surface area contributed by atoms with E-state index >= 15 is 0 Å². The molecule has 0 radical (unpaired) electrons. The number of benzene rings is 2. The van der Waals surface area contributed by atoms with Crippen LogP contribution < -0.4 is 20.1 Å².